The summed E-state index contributed by atoms with van der Waals surface area (Å²) < 4.78 is 1.79. The van der Waals surface area contributed by atoms with Gasteiger partial charge in [-0.2, -0.15) is 5.10 Å². The van der Waals surface area contributed by atoms with E-state index in [4.69, 9.17) is 5.73 Å². The van der Waals surface area contributed by atoms with Crippen molar-refractivity contribution in [3.05, 3.63) is 13.3 Å². The summed E-state index contributed by atoms with van der Waals surface area (Å²) in [5.74, 6) is 1.41. The number of nitrogens with zero attached hydrogens (tertiary/aromatic N) is 5. The summed E-state index contributed by atoms with van der Waals surface area (Å²) in [5.41, 5.74) is 6.76. The van der Waals surface area contributed by atoms with Gasteiger partial charge in [0, 0.05) is 19.6 Å². The van der Waals surface area contributed by atoms with Gasteiger partial charge >= 0.3 is 0 Å². The Labute approximate surface area is 106 Å². The van der Waals surface area contributed by atoms with Crippen molar-refractivity contribution >= 4 is 22.7 Å². The van der Waals surface area contributed by atoms with Crippen LogP contribution in [0.5, 0.6) is 0 Å². The number of fused-ring (bicyclic) bond motifs is 1. The van der Waals surface area contributed by atoms with Crippen molar-refractivity contribution < 1.29 is 0 Å². The van der Waals surface area contributed by atoms with E-state index in [0.717, 1.165) is 29.9 Å². The lowest BCUT2D eigenvalue weighted by Crippen LogP contribution is -2.30. The maximum Gasteiger partial charge on any atom is 0.165 e. The first-order valence-electron chi connectivity index (χ1n) is 6.32. The standard InChI is InChI=1S/C12H17N6/c1-2-18-11-9(10(13)14-8-15-11)12(16-18)17-6-4-3-5-7-17/h8H,1-7H2,(H2,13,14,15). The molecular formula is C12H17N6. The highest BCUT2D eigenvalue weighted by atomic mass is 15.4. The molecule has 0 atom stereocenters. The second-order valence-electron chi connectivity index (χ2n) is 4.55. The van der Waals surface area contributed by atoms with Crippen LogP contribution in [0.3, 0.4) is 0 Å². The van der Waals surface area contributed by atoms with Gasteiger partial charge < -0.3 is 10.6 Å². The maximum absolute atomic E-state index is 5.98. The fourth-order valence-corrected chi connectivity index (χ4v) is 2.49. The lowest BCUT2D eigenvalue weighted by molar-refractivity contribution is 0.569. The molecule has 0 saturated carbocycles. The fraction of sp³-hybridized carbons (Fsp3) is 0.500. The molecule has 6 heteroatoms. The molecule has 0 aliphatic carbocycles. The molecule has 1 aliphatic rings. The van der Waals surface area contributed by atoms with Gasteiger partial charge in [-0.3, -0.25) is 0 Å². The minimum Gasteiger partial charge on any atom is -0.383 e. The van der Waals surface area contributed by atoms with E-state index in [1.165, 1.54) is 25.6 Å². The number of nitrogen functional groups attached to an aromatic ring is 1. The molecule has 0 spiro atoms. The van der Waals surface area contributed by atoms with Crippen LogP contribution in [-0.4, -0.2) is 32.8 Å². The van der Waals surface area contributed by atoms with Crippen LogP contribution in [0, 0.1) is 6.92 Å². The summed E-state index contributed by atoms with van der Waals surface area (Å²) in [5, 5.41) is 5.45. The Morgan fingerprint density at radius 3 is 2.72 bits per heavy atom. The molecule has 0 unspecified atom stereocenters. The van der Waals surface area contributed by atoms with Gasteiger partial charge in [0.2, 0.25) is 0 Å². The number of hydrogen-bond donors (Lipinski definition) is 1. The second kappa shape index (κ2) is 4.44. The van der Waals surface area contributed by atoms with Crippen LogP contribution in [0.1, 0.15) is 19.3 Å². The minimum atomic E-state index is 0.500. The Bertz CT molecular complexity index is 555. The van der Waals surface area contributed by atoms with Gasteiger partial charge in [-0.15, -0.1) is 0 Å². The Morgan fingerprint density at radius 2 is 2.00 bits per heavy atom. The van der Waals surface area contributed by atoms with Crippen LogP contribution in [0.15, 0.2) is 6.33 Å². The number of piperidine rings is 1. The largest absolute Gasteiger partial charge is 0.383 e. The van der Waals surface area contributed by atoms with E-state index >= 15 is 0 Å². The molecule has 1 radical (unpaired) electrons. The number of hydrogen-bond acceptors (Lipinski definition) is 5. The summed E-state index contributed by atoms with van der Waals surface area (Å²) in [6, 6.07) is 0. The molecule has 0 amide bonds. The highest BCUT2D eigenvalue weighted by molar-refractivity contribution is 5.96. The van der Waals surface area contributed by atoms with E-state index in [-0.39, 0.29) is 0 Å². The third-order valence-electron chi connectivity index (χ3n) is 3.41. The highest BCUT2D eigenvalue weighted by Crippen LogP contribution is 2.30. The normalized spacial score (nSPS) is 16.4. The first kappa shape index (κ1) is 11.3. The molecule has 1 aliphatic heterocycles. The monoisotopic (exact) mass is 245 g/mol. The van der Waals surface area contributed by atoms with Crippen molar-refractivity contribution in [2.75, 3.05) is 23.7 Å². The van der Waals surface area contributed by atoms with E-state index in [0.29, 0.717) is 12.4 Å². The lowest BCUT2D eigenvalue weighted by Gasteiger charge is -2.26. The Morgan fingerprint density at radius 1 is 1.22 bits per heavy atom. The molecule has 2 aromatic heterocycles. The molecule has 1 saturated heterocycles. The molecule has 3 heterocycles. The highest BCUT2D eigenvalue weighted by Gasteiger charge is 2.21. The van der Waals surface area contributed by atoms with E-state index in [1.807, 2.05) is 0 Å². The average molecular weight is 245 g/mol. The van der Waals surface area contributed by atoms with Gasteiger partial charge in [0.1, 0.15) is 17.5 Å². The van der Waals surface area contributed by atoms with Crippen molar-refractivity contribution in [1.82, 2.24) is 19.7 Å². The van der Waals surface area contributed by atoms with Gasteiger partial charge in [0.15, 0.2) is 11.5 Å². The first-order chi connectivity index (χ1) is 8.81. The van der Waals surface area contributed by atoms with Gasteiger partial charge in [-0.25, -0.2) is 14.6 Å². The van der Waals surface area contributed by atoms with Crippen molar-refractivity contribution in [2.24, 2.45) is 0 Å². The van der Waals surface area contributed by atoms with E-state index in [2.05, 4.69) is 26.9 Å². The summed E-state index contributed by atoms with van der Waals surface area (Å²) in [6.07, 6.45) is 5.17. The SMILES string of the molecule is [CH2]Cn1nc(N2CCCCC2)c2c(N)ncnc21. The zero-order valence-electron chi connectivity index (χ0n) is 10.3. The van der Waals surface area contributed by atoms with Crippen LogP contribution in [-0.2, 0) is 6.54 Å². The first-order valence-corrected chi connectivity index (χ1v) is 6.32. The van der Waals surface area contributed by atoms with Gasteiger partial charge in [-0.05, 0) is 26.2 Å². The van der Waals surface area contributed by atoms with Crippen LogP contribution >= 0.6 is 0 Å². The van der Waals surface area contributed by atoms with Crippen molar-refractivity contribution in [1.29, 1.82) is 0 Å². The van der Waals surface area contributed by atoms with Crippen LogP contribution < -0.4 is 10.6 Å². The minimum absolute atomic E-state index is 0.500. The van der Waals surface area contributed by atoms with E-state index in [9.17, 15) is 0 Å². The second-order valence-corrected chi connectivity index (χ2v) is 4.55. The van der Waals surface area contributed by atoms with E-state index < -0.39 is 0 Å². The van der Waals surface area contributed by atoms with Crippen LogP contribution in [0.2, 0.25) is 0 Å². The molecule has 18 heavy (non-hydrogen) atoms. The third kappa shape index (κ3) is 1.68. The number of aromatic nitrogens is 4. The predicted octanol–water partition coefficient (Wildman–Crippen LogP) is 1.23. The summed E-state index contributed by atoms with van der Waals surface area (Å²) in [7, 11) is 0. The molecule has 0 aromatic carbocycles. The van der Waals surface area contributed by atoms with Gasteiger partial charge in [0.05, 0.1) is 0 Å². The summed E-state index contributed by atoms with van der Waals surface area (Å²) in [6.45, 7) is 6.47. The quantitative estimate of drug-likeness (QED) is 0.861. The lowest BCUT2D eigenvalue weighted by atomic mass is 10.1. The third-order valence-corrected chi connectivity index (χ3v) is 3.41. The fourth-order valence-electron chi connectivity index (χ4n) is 2.49. The summed E-state index contributed by atoms with van der Waals surface area (Å²) >= 11 is 0. The van der Waals surface area contributed by atoms with Crippen LogP contribution in [0.25, 0.3) is 11.0 Å². The van der Waals surface area contributed by atoms with Crippen LogP contribution in [0.4, 0.5) is 11.6 Å². The number of nitrogens with two attached hydrogens (primary N) is 1. The number of rotatable bonds is 2. The molecule has 0 bridgehead atoms. The van der Waals surface area contributed by atoms with Crippen molar-refractivity contribution in [3.8, 4) is 0 Å². The zero-order chi connectivity index (χ0) is 12.5. The molecule has 2 aromatic rings. The van der Waals surface area contributed by atoms with Gasteiger partial charge in [-0.1, -0.05) is 0 Å². The smallest absolute Gasteiger partial charge is 0.165 e. The predicted molar refractivity (Wildman–Crippen MR) is 71.2 cm³/mol. The molecule has 6 nitrogen and oxygen atoms in total. The zero-order valence-corrected chi connectivity index (χ0v) is 10.3. The molecule has 2 N–H and O–H groups in total. The molecule has 1 fully saturated rings. The average Bonchev–Trinajstić information content (AvgIpc) is 2.80. The van der Waals surface area contributed by atoms with Crippen molar-refractivity contribution in [2.45, 2.75) is 25.8 Å². The Balaban J connectivity index is 2.15. The van der Waals surface area contributed by atoms with Crippen molar-refractivity contribution in [3.63, 3.8) is 0 Å². The topological polar surface area (TPSA) is 72.9 Å². The molecule has 95 valence electrons. The Kier molecular flexibility index (Phi) is 2.77. The summed E-state index contributed by atoms with van der Waals surface area (Å²) in [4.78, 5) is 10.6. The van der Waals surface area contributed by atoms with E-state index in [1.54, 1.807) is 4.68 Å². The van der Waals surface area contributed by atoms with Gasteiger partial charge in [0.25, 0.3) is 0 Å². The maximum atomic E-state index is 5.98. The molecular weight excluding hydrogens is 228 g/mol. The molecule has 3 rings (SSSR count). The Hall–Kier alpha value is -1.85. The number of anilines is 2.